The highest BCUT2D eigenvalue weighted by Gasteiger charge is 2.26. The minimum Gasteiger partial charge on any atom is -0.449 e. The number of benzene rings is 10. The molecular formula is C56H34O4. The van der Waals surface area contributed by atoms with E-state index in [-0.39, 0.29) is 0 Å². The first-order valence-electron chi connectivity index (χ1n) is 20.2. The first kappa shape index (κ1) is 34.0. The highest BCUT2D eigenvalue weighted by atomic mass is 16.6. The predicted molar refractivity (Wildman–Crippen MR) is 242 cm³/mol. The molecule has 2 aliphatic rings. The molecular weight excluding hydrogens is 737 g/mol. The zero-order chi connectivity index (χ0) is 39.6. The van der Waals surface area contributed by atoms with Crippen molar-refractivity contribution in [2.24, 2.45) is 0 Å². The second-order valence-electron chi connectivity index (χ2n) is 15.1. The van der Waals surface area contributed by atoms with Gasteiger partial charge >= 0.3 is 0 Å². The third kappa shape index (κ3) is 5.46. The van der Waals surface area contributed by atoms with Gasteiger partial charge in [0.05, 0.1) is 0 Å². The summed E-state index contributed by atoms with van der Waals surface area (Å²) in [5.74, 6) is 5.62. The Morgan fingerprint density at radius 2 is 0.550 bits per heavy atom. The van der Waals surface area contributed by atoms with E-state index in [4.69, 9.17) is 18.9 Å². The van der Waals surface area contributed by atoms with Crippen LogP contribution in [0.2, 0.25) is 0 Å². The lowest BCUT2D eigenvalue weighted by Gasteiger charge is -2.24. The maximum atomic E-state index is 6.60. The normalized spacial score (nSPS) is 12.2. The Morgan fingerprint density at radius 1 is 0.217 bits per heavy atom. The second kappa shape index (κ2) is 13.8. The molecule has 0 saturated heterocycles. The molecule has 0 fully saturated rings. The van der Waals surface area contributed by atoms with E-state index in [0.717, 1.165) is 60.8 Å². The van der Waals surface area contributed by atoms with Crippen LogP contribution in [0.25, 0.3) is 77.2 Å². The molecule has 10 aromatic carbocycles. The smallest absolute Gasteiger partial charge is 0.177 e. The molecule has 4 nitrogen and oxygen atoms in total. The molecule has 0 aliphatic carbocycles. The van der Waals surface area contributed by atoms with Gasteiger partial charge in [-0.2, -0.15) is 0 Å². The molecule has 4 heteroatoms. The van der Waals surface area contributed by atoms with E-state index in [1.807, 2.05) is 72.8 Å². The van der Waals surface area contributed by atoms with Gasteiger partial charge in [-0.15, -0.1) is 0 Å². The average Bonchev–Trinajstić information content (AvgIpc) is 3.31. The molecule has 0 atom stereocenters. The van der Waals surface area contributed by atoms with Gasteiger partial charge < -0.3 is 18.9 Å². The summed E-state index contributed by atoms with van der Waals surface area (Å²) in [6.45, 7) is 0. The molecule has 60 heavy (non-hydrogen) atoms. The fraction of sp³-hybridized carbons (Fsp3) is 0. The Kier molecular flexibility index (Phi) is 7.82. The largest absolute Gasteiger partial charge is 0.449 e. The summed E-state index contributed by atoms with van der Waals surface area (Å²) in [5, 5.41) is 4.66. The number of hydrogen-bond donors (Lipinski definition) is 0. The summed E-state index contributed by atoms with van der Waals surface area (Å²) in [6.07, 6.45) is 0. The molecule has 282 valence electrons. The maximum absolute atomic E-state index is 6.60. The number of para-hydroxylation sites is 6. The molecule has 0 bridgehead atoms. The summed E-state index contributed by atoms with van der Waals surface area (Å²) in [6, 6.07) is 71.6. The maximum Gasteiger partial charge on any atom is 0.177 e. The Hall–Kier alpha value is -8.08. The van der Waals surface area contributed by atoms with Crippen molar-refractivity contribution in [2.75, 3.05) is 0 Å². The molecule has 2 aliphatic heterocycles. The van der Waals surface area contributed by atoms with Crippen LogP contribution in [-0.2, 0) is 0 Å². The van der Waals surface area contributed by atoms with Crippen LogP contribution in [0, 0.1) is 0 Å². The third-order valence-electron chi connectivity index (χ3n) is 11.6. The van der Waals surface area contributed by atoms with Gasteiger partial charge in [0.1, 0.15) is 0 Å². The van der Waals surface area contributed by atoms with Crippen molar-refractivity contribution in [3.05, 3.63) is 206 Å². The lowest BCUT2D eigenvalue weighted by atomic mass is 9.84. The highest BCUT2D eigenvalue weighted by Crippen LogP contribution is 2.54. The van der Waals surface area contributed by atoms with Crippen molar-refractivity contribution >= 4 is 21.5 Å². The predicted octanol–water partition coefficient (Wildman–Crippen LogP) is 16.1. The van der Waals surface area contributed by atoms with Gasteiger partial charge in [-0.05, 0) is 109 Å². The lowest BCUT2D eigenvalue weighted by molar-refractivity contribution is 0.361. The van der Waals surface area contributed by atoms with Crippen LogP contribution in [0.5, 0.6) is 46.0 Å². The summed E-state index contributed by atoms with van der Waals surface area (Å²) in [7, 11) is 0. The van der Waals surface area contributed by atoms with Crippen molar-refractivity contribution in [3.8, 4) is 102 Å². The zero-order valence-corrected chi connectivity index (χ0v) is 32.3. The van der Waals surface area contributed by atoms with Crippen LogP contribution >= 0.6 is 0 Å². The van der Waals surface area contributed by atoms with Crippen LogP contribution in [0.15, 0.2) is 206 Å². The average molecular weight is 771 g/mol. The number of rotatable bonds is 5. The Morgan fingerprint density at radius 3 is 1.02 bits per heavy atom. The summed E-state index contributed by atoms with van der Waals surface area (Å²) >= 11 is 0. The molecule has 0 amide bonds. The van der Waals surface area contributed by atoms with Gasteiger partial charge in [-0.3, -0.25) is 0 Å². The number of ether oxygens (including phenoxy) is 4. The van der Waals surface area contributed by atoms with Crippen LogP contribution in [-0.4, -0.2) is 0 Å². The molecule has 0 N–H and O–H groups in total. The molecule has 0 unspecified atom stereocenters. The van der Waals surface area contributed by atoms with E-state index in [1.54, 1.807) is 0 Å². The van der Waals surface area contributed by atoms with Crippen molar-refractivity contribution in [2.45, 2.75) is 0 Å². The van der Waals surface area contributed by atoms with Crippen LogP contribution in [0.1, 0.15) is 0 Å². The quantitative estimate of drug-likeness (QED) is 0.163. The molecule has 0 radical (unpaired) electrons. The fourth-order valence-electron chi connectivity index (χ4n) is 8.98. The summed E-state index contributed by atoms with van der Waals surface area (Å²) in [4.78, 5) is 0. The minimum absolute atomic E-state index is 0.695. The Bertz CT molecular complexity index is 3130. The van der Waals surface area contributed by atoms with E-state index < -0.39 is 0 Å². The van der Waals surface area contributed by atoms with Gasteiger partial charge in [0, 0.05) is 11.1 Å². The summed E-state index contributed by atoms with van der Waals surface area (Å²) in [5.41, 5.74) is 10.9. The zero-order valence-electron chi connectivity index (χ0n) is 32.3. The third-order valence-corrected chi connectivity index (χ3v) is 11.6. The topological polar surface area (TPSA) is 36.9 Å². The SMILES string of the molecule is c1ccc(-c2c3cccc(-c4ccccc4-c4cccc5c4Oc4ccccc4O5)c3cc3c(-c4ccccc4-c4cccc5c4Oc4ccccc4O5)cccc23)cc1. The van der Waals surface area contributed by atoms with Gasteiger partial charge in [-0.1, -0.05) is 164 Å². The van der Waals surface area contributed by atoms with Crippen LogP contribution in [0.4, 0.5) is 0 Å². The lowest BCUT2D eigenvalue weighted by Crippen LogP contribution is -2.00. The van der Waals surface area contributed by atoms with Crippen LogP contribution in [0.3, 0.4) is 0 Å². The summed E-state index contributed by atoms with van der Waals surface area (Å²) < 4.78 is 25.9. The molecule has 2 heterocycles. The minimum atomic E-state index is 0.695. The van der Waals surface area contributed by atoms with Crippen molar-refractivity contribution in [3.63, 3.8) is 0 Å². The molecule has 0 spiro atoms. The van der Waals surface area contributed by atoms with E-state index in [1.165, 1.54) is 16.3 Å². The van der Waals surface area contributed by atoms with Crippen molar-refractivity contribution < 1.29 is 18.9 Å². The highest BCUT2D eigenvalue weighted by molar-refractivity contribution is 6.20. The van der Waals surface area contributed by atoms with Crippen LogP contribution < -0.4 is 18.9 Å². The molecule has 12 rings (SSSR count). The van der Waals surface area contributed by atoms with E-state index in [0.29, 0.717) is 46.0 Å². The standard InChI is InChI=1S/C56H34O4/c1-2-16-35(17-3-1)54-42-24-12-22-40(36-18-4-6-20-38(36)44-26-14-32-52-55(44)59-50-30-10-8-28-48(50)57-52)46(42)34-47-41(23-13-25-43(47)54)37-19-5-7-21-39(37)45-27-15-33-53-56(45)60-51-31-11-9-29-49(51)58-53/h1-34H. The Labute approximate surface area is 347 Å². The van der Waals surface area contributed by atoms with E-state index >= 15 is 0 Å². The molecule has 0 saturated carbocycles. The Balaban J connectivity index is 1.09. The second-order valence-corrected chi connectivity index (χ2v) is 15.1. The number of fused-ring (bicyclic) bond motifs is 6. The number of hydrogen-bond acceptors (Lipinski definition) is 4. The van der Waals surface area contributed by atoms with E-state index in [9.17, 15) is 0 Å². The fourth-order valence-corrected chi connectivity index (χ4v) is 8.98. The first-order valence-corrected chi connectivity index (χ1v) is 20.2. The molecule has 0 aromatic heterocycles. The monoisotopic (exact) mass is 770 g/mol. The molecule has 10 aromatic rings. The van der Waals surface area contributed by atoms with Gasteiger partial charge in [-0.25, -0.2) is 0 Å². The van der Waals surface area contributed by atoms with Gasteiger partial charge in [0.25, 0.3) is 0 Å². The van der Waals surface area contributed by atoms with Crippen molar-refractivity contribution in [1.82, 2.24) is 0 Å². The van der Waals surface area contributed by atoms with Gasteiger partial charge in [0.2, 0.25) is 0 Å². The van der Waals surface area contributed by atoms with Gasteiger partial charge in [0.15, 0.2) is 46.0 Å². The van der Waals surface area contributed by atoms with Crippen molar-refractivity contribution in [1.29, 1.82) is 0 Å². The van der Waals surface area contributed by atoms with E-state index in [2.05, 4.69) is 133 Å². The first-order chi connectivity index (χ1) is 29.8.